The second kappa shape index (κ2) is 6.90. The molecule has 2 aromatic carbocycles. The van der Waals surface area contributed by atoms with Gasteiger partial charge in [-0.1, -0.05) is 36.4 Å². The molecule has 0 saturated heterocycles. The van der Waals surface area contributed by atoms with E-state index < -0.39 is 5.97 Å². The summed E-state index contributed by atoms with van der Waals surface area (Å²) in [6, 6.07) is 14.1. The minimum atomic E-state index is -0.453. The molecule has 0 aliphatic rings. The molecule has 21 heavy (non-hydrogen) atoms. The molecule has 2 rings (SSSR count). The van der Waals surface area contributed by atoms with Crippen LogP contribution in [0.1, 0.15) is 28.4 Å². The molecule has 110 valence electrons. The molecule has 0 radical (unpaired) electrons. The maximum absolute atomic E-state index is 12.2. The van der Waals surface area contributed by atoms with E-state index in [9.17, 15) is 9.90 Å². The Kier molecular flexibility index (Phi) is 4.95. The van der Waals surface area contributed by atoms with Crippen LogP contribution in [0, 0.1) is 0 Å². The molecule has 0 aliphatic heterocycles. The molecule has 0 bridgehead atoms. The van der Waals surface area contributed by atoms with Crippen molar-refractivity contribution in [3.05, 3.63) is 65.2 Å². The first-order chi connectivity index (χ1) is 10.1. The number of rotatable bonds is 5. The number of phenols is 1. The van der Waals surface area contributed by atoms with Crippen molar-refractivity contribution in [3.8, 4) is 5.75 Å². The van der Waals surface area contributed by atoms with Crippen LogP contribution in [-0.2, 0) is 17.8 Å². The molecule has 0 aromatic heterocycles. The first kappa shape index (κ1) is 15.1. The molecular formula is C17H19NO3. The third-order valence-electron chi connectivity index (χ3n) is 3.07. The van der Waals surface area contributed by atoms with Gasteiger partial charge in [-0.05, 0) is 36.6 Å². The first-order valence-corrected chi connectivity index (χ1v) is 6.85. The van der Waals surface area contributed by atoms with Crippen LogP contribution in [0.3, 0.4) is 0 Å². The Morgan fingerprint density at radius 2 is 1.95 bits per heavy atom. The van der Waals surface area contributed by atoms with Crippen LogP contribution in [-0.4, -0.2) is 17.1 Å². The van der Waals surface area contributed by atoms with E-state index >= 15 is 0 Å². The maximum Gasteiger partial charge on any atom is 0.338 e. The topological polar surface area (TPSA) is 72.5 Å². The molecule has 0 fully saturated rings. The highest BCUT2D eigenvalue weighted by atomic mass is 16.5. The van der Waals surface area contributed by atoms with Crippen molar-refractivity contribution in [3.63, 3.8) is 0 Å². The van der Waals surface area contributed by atoms with Gasteiger partial charge in [0.15, 0.2) is 0 Å². The van der Waals surface area contributed by atoms with Crippen molar-refractivity contribution in [2.45, 2.75) is 26.0 Å². The van der Waals surface area contributed by atoms with Crippen molar-refractivity contribution in [1.29, 1.82) is 0 Å². The van der Waals surface area contributed by atoms with Crippen molar-refractivity contribution in [1.82, 2.24) is 0 Å². The number of hydrogen-bond donors (Lipinski definition) is 2. The average Bonchev–Trinajstić information content (AvgIpc) is 2.47. The quantitative estimate of drug-likeness (QED) is 0.828. The molecular weight excluding hydrogens is 266 g/mol. The zero-order chi connectivity index (χ0) is 15.2. The number of nitrogens with two attached hydrogens (primary N) is 1. The fourth-order valence-corrected chi connectivity index (χ4v) is 2.08. The van der Waals surface area contributed by atoms with Gasteiger partial charge < -0.3 is 15.6 Å². The van der Waals surface area contributed by atoms with E-state index in [0.717, 1.165) is 11.1 Å². The predicted octanol–water partition coefficient (Wildman–Crippen LogP) is 2.64. The number of aromatic hydroxyl groups is 1. The van der Waals surface area contributed by atoms with E-state index in [1.165, 1.54) is 6.07 Å². The van der Waals surface area contributed by atoms with E-state index in [1.807, 2.05) is 37.3 Å². The lowest BCUT2D eigenvalue weighted by atomic mass is 10.0. The summed E-state index contributed by atoms with van der Waals surface area (Å²) in [6.07, 6.45) is 0.552. The standard InChI is InChI=1S/C17H19NO3/c1-12(18)9-14-7-8-15(19)10-16(14)17(20)21-11-13-5-3-2-4-6-13/h2-8,10,12,19H,9,11,18H2,1H3/t12-/m1/s1. The molecule has 4 nitrogen and oxygen atoms in total. The fraction of sp³-hybridized carbons (Fsp3) is 0.235. The summed E-state index contributed by atoms with van der Waals surface area (Å²) >= 11 is 0. The van der Waals surface area contributed by atoms with Gasteiger partial charge in [0.05, 0.1) is 5.56 Å². The van der Waals surface area contributed by atoms with Crippen molar-refractivity contribution >= 4 is 5.97 Å². The normalized spacial score (nSPS) is 11.9. The Morgan fingerprint density at radius 3 is 2.62 bits per heavy atom. The third-order valence-corrected chi connectivity index (χ3v) is 3.07. The van der Waals surface area contributed by atoms with Crippen LogP contribution < -0.4 is 5.73 Å². The van der Waals surface area contributed by atoms with Gasteiger partial charge in [-0.3, -0.25) is 0 Å². The zero-order valence-corrected chi connectivity index (χ0v) is 12.0. The van der Waals surface area contributed by atoms with E-state index in [4.69, 9.17) is 10.5 Å². The molecule has 0 saturated carbocycles. The molecule has 0 heterocycles. The number of hydrogen-bond acceptors (Lipinski definition) is 4. The fourth-order valence-electron chi connectivity index (χ4n) is 2.08. The summed E-state index contributed by atoms with van der Waals surface area (Å²) in [5.74, 6) is -0.416. The highest BCUT2D eigenvalue weighted by Gasteiger charge is 2.15. The van der Waals surface area contributed by atoms with Crippen molar-refractivity contribution < 1.29 is 14.6 Å². The third kappa shape index (κ3) is 4.33. The first-order valence-electron chi connectivity index (χ1n) is 6.85. The Morgan fingerprint density at radius 1 is 1.24 bits per heavy atom. The van der Waals surface area contributed by atoms with Crippen molar-refractivity contribution in [2.24, 2.45) is 5.73 Å². The van der Waals surface area contributed by atoms with Gasteiger partial charge in [-0.15, -0.1) is 0 Å². The van der Waals surface area contributed by atoms with Gasteiger partial charge in [-0.2, -0.15) is 0 Å². The van der Waals surface area contributed by atoms with E-state index in [1.54, 1.807) is 12.1 Å². The van der Waals surface area contributed by atoms with E-state index in [0.29, 0.717) is 12.0 Å². The number of esters is 1. The molecule has 3 N–H and O–H groups in total. The van der Waals surface area contributed by atoms with Crippen LogP contribution >= 0.6 is 0 Å². The maximum atomic E-state index is 12.2. The van der Waals surface area contributed by atoms with Crippen LogP contribution in [0.15, 0.2) is 48.5 Å². The molecule has 1 atom stereocenters. The second-order valence-corrected chi connectivity index (χ2v) is 5.08. The number of phenolic OH excluding ortho intramolecular Hbond substituents is 1. The summed E-state index contributed by atoms with van der Waals surface area (Å²) in [5.41, 5.74) is 7.84. The lowest BCUT2D eigenvalue weighted by molar-refractivity contribution is 0.0471. The molecule has 4 heteroatoms. The lowest BCUT2D eigenvalue weighted by Gasteiger charge is -2.12. The minimum Gasteiger partial charge on any atom is -0.508 e. The van der Waals surface area contributed by atoms with Gasteiger partial charge >= 0.3 is 5.97 Å². The van der Waals surface area contributed by atoms with E-state index in [-0.39, 0.29) is 18.4 Å². The van der Waals surface area contributed by atoms with Gasteiger partial charge in [0.2, 0.25) is 0 Å². The van der Waals surface area contributed by atoms with Gasteiger partial charge in [0, 0.05) is 6.04 Å². The Labute approximate surface area is 124 Å². The molecule has 2 aromatic rings. The summed E-state index contributed by atoms with van der Waals surface area (Å²) in [4.78, 5) is 12.2. The Balaban J connectivity index is 2.12. The Bertz CT molecular complexity index is 609. The summed E-state index contributed by atoms with van der Waals surface area (Å²) in [6.45, 7) is 2.07. The van der Waals surface area contributed by atoms with Crippen LogP contribution in [0.5, 0.6) is 5.75 Å². The second-order valence-electron chi connectivity index (χ2n) is 5.08. The van der Waals surface area contributed by atoms with Crippen LogP contribution in [0.2, 0.25) is 0 Å². The number of carbonyl (C=O) groups is 1. The Hall–Kier alpha value is -2.33. The zero-order valence-electron chi connectivity index (χ0n) is 12.0. The molecule has 0 amide bonds. The van der Waals surface area contributed by atoms with Crippen LogP contribution in [0.4, 0.5) is 0 Å². The molecule has 0 unspecified atom stereocenters. The smallest absolute Gasteiger partial charge is 0.338 e. The molecule has 0 spiro atoms. The highest BCUT2D eigenvalue weighted by molar-refractivity contribution is 5.91. The van der Waals surface area contributed by atoms with Gasteiger partial charge in [0.25, 0.3) is 0 Å². The minimum absolute atomic E-state index is 0.0371. The SMILES string of the molecule is C[C@@H](N)Cc1ccc(O)cc1C(=O)OCc1ccccc1. The average molecular weight is 285 g/mol. The predicted molar refractivity (Wildman–Crippen MR) is 81.0 cm³/mol. The molecule has 0 aliphatic carbocycles. The summed E-state index contributed by atoms with van der Waals surface area (Å²) < 4.78 is 5.30. The number of benzene rings is 2. The van der Waals surface area contributed by atoms with Gasteiger partial charge in [-0.25, -0.2) is 4.79 Å². The van der Waals surface area contributed by atoms with Crippen molar-refractivity contribution in [2.75, 3.05) is 0 Å². The lowest BCUT2D eigenvalue weighted by Crippen LogP contribution is -2.20. The van der Waals surface area contributed by atoms with Crippen LogP contribution in [0.25, 0.3) is 0 Å². The summed E-state index contributed by atoms with van der Waals surface area (Å²) in [7, 11) is 0. The number of ether oxygens (including phenoxy) is 1. The highest BCUT2D eigenvalue weighted by Crippen LogP contribution is 2.19. The van der Waals surface area contributed by atoms with E-state index in [2.05, 4.69) is 0 Å². The number of carbonyl (C=O) groups excluding carboxylic acids is 1. The monoisotopic (exact) mass is 285 g/mol. The largest absolute Gasteiger partial charge is 0.508 e. The van der Waals surface area contributed by atoms with Gasteiger partial charge in [0.1, 0.15) is 12.4 Å². The summed E-state index contributed by atoms with van der Waals surface area (Å²) in [5, 5.41) is 9.57.